The van der Waals surface area contributed by atoms with Gasteiger partial charge in [-0.15, -0.1) is 11.3 Å². The van der Waals surface area contributed by atoms with Gasteiger partial charge in [-0.25, -0.2) is 4.98 Å². The highest BCUT2D eigenvalue weighted by Crippen LogP contribution is 2.30. The minimum Gasteiger partial charge on any atom is -0.508 e. The van der Waals surface area contributed by atoms with Crippen LogP contribution in [-0.2, 0) is 0 Å². The summed E-state index contributed by atoms with van der Waals surface area (Å²) in [6.45, 7) is 0. The quantitative estimate of drug-likeness (QED) is 0.411. The van der Waals surface area contributed by atoms with E-state index in [4.69, 9.17) is 5.26 Å². The van der Waals surface area contributed by atoms with Crippen molar-refractivity contribution in [1.29, 1.82) is 10.5 Å². The van der Waals surface area contributed by atoms with E-state index in [1.807, 2.05) is 12.1 Å². The Morgan fingerprint density at radius 2 is 1.96 bits per heavy atom. The topological polar surface area (TPSA) is 124 Å². The van der Waals surface area contributed by atoms with Gasteiger partial charge >= 0.3 is 0 Å². The van der Waals surface area contributed by atoms with Crippen molar-refractivity contribution in [3.63, 3.8) is 0 Å². The Kier molecular flexibility index (Phi) is 4.93. The van der Waals surface area contributed by atoms with Gasteiger partial charge in [0.25, 0.3) is 5.69 Å². The number of nitro groups is 1. The van der Waals surface area contributed by atoms with Gasteiger partial charge in [0.05, 0.1) is 33.4 Å². The normalized spacial score (nSPS) is 10.8. The monoisotopic (exact) mass is 374 g/mol. The molecule has 0 amide bonds. The van der Waals surface area contributed by atoms with Crippen molar-refractivity contribution in [2.75, 3.05) is 0 Å². The van der Waals surface area contributed by atoms with Gasteiger partial charge in [0.2, 0.25) is 0 Å². The summed E-state index contributed by atoms with van der Waals surface area (Å²) in [5, 5.41) is 41.2. The summed E-state index contributed by atoms with van der Waals surface area (Å²) < 4.78 is 0. The maximum atomic E-state index is 11.2. The van der Waals surface area contributed by atoms with E-state index in [-0.39, 0.29) is 22.6 Å². The summed E-state index contributed by atoms with van der Waals surface area (Å²) in [4.78, 5) is 15.0. The zero-order valence-corrected chi connectivity index (χ0v) is 14.5. The largest absolute Gasteiger partial charge is 0.508 e. The molecule has 7 nitrogen and oxygen atoms in total. The smallest absolute Gasteiger partial charge is 0.276 e. The van der Waals surface area contributed by atoms with Crippen LogP contribution in [0, 0.1) is 32.8 Å². The molecular weight excluding hydrogens is 364 g/mol. The van der Waals surface area contributed by atoms with E-state index in [1.165, 1.54) is 35.6 Å². The molecular formula is C19H10N4O3S. The van der Waals surface area contributed by atoms with Crippen molar-refractivity contribution in [1.82, 2.24) is 4.98 Å². The fourth-order valence-electron chi connectivity index (χ4n) is 2.37. The first-order valence-corrected chi connectivity index (χ1v) is 8.45. The number of aromatic hydroxyl groups is 1. The van der Waals surface area contributed by atoms with Gasteiger partial charge in [0, 0.05) is 17.0 Å². The first-order chi connectivity index (χ1) is 13.0. The molecule has 0 atom stereocenters. The highest BCUT2D eigenvalue weighted by Gasteiger charge is 2.15. The van der Waals surface area contributed by atoms with Crippen LogP contribution in [0.5, 0.6) is 5.75 Å². The number of benzene rings is 2. The number of nitro benzene ring substituents is 1. The summed E-state index contributed by atoms with van der Waals surface area (Å²) in [5.41, 5.74) is 2.00. The molecule has 8 heteroatoms. The summed E-state index contributed by atoms with van der Waals surface area (Å²) >= 11 is 1.23. The lowest BCUT2D eigenvalue weighted by atomic mass is 10.1. The number of hydrogen-bond acceptors (Lipinski definition) is 7. The molecule has 0 aliphatic rings. The van der Waals surface area contributed by atoms with Crippen LogP contribution >= 0.6 is 11.3 Å². The Morgan fingerprint density at radius 1 is 1.22 bits per heavy atom. The molecule has 1 N–H and O–H groups in total. The van der Waals surface area contributed by atoms with E-state index in [0.29, 0.717) is 16.3 Å². The fourth-order valence-corrected chi connectivity index (χ4v) is 3.16. The van der Waals surface area contributed by atoms with Crippen LogP contribution in [0.15, 0.2) is 47.8 Å². The van der Waals surface area contributed by atoms with Crippen LogP contribution in [-0.4, -0.2) is 15.0 Å². The van der Waals surface area contributed by atoms with Gasteiger partial charge < -0.3 is 5.11 Å². The first-order valence-electron chi connectivity index (χ1n) is 7.57. The third-order valence-electron chi connectivity index (χ3n) is 3.67. The zero-order valence-electron chi connectivity index (χ0n) is 13.7. The number of rotatable bonds is 4. The van der Waals surface area contributed by atoms with Gasteiger partial charge in [-0.05, 0) is 30.3 Å². The summed E-state index contributed by atoms with van der Waals surface area (Å²) in [5.74, 6) is -0.137. The number of phenolic OH excluding ortho intramolecular Hbond substituents is 1. The third-order valence-corrected chi connectivity index (χ3v) is 4.55. The molecule has 0 unspecified atom stereocenters. The van der Waals surface area contributed by atoms with Gasteiger partial charge in [-0.1, -0.05) is 12.1 Å². The molecule has 0 aliphatic carbocycles. The van der Waals surface area contributed by atoms with Crippen molar-refractivity contribution in [2.24, 2.45) is 0 Å². The molecule has 0 radical (unpaired) electrons. The van der Waals surface area contributed by atoms with Crippen LogP contribution in [0.1, 0.15) is 16.1 Å². The van der Waals surface area contributed by atoms with Gasteiger partial charge in [-0.2, -0.15) is 10.5 Å². The summed E-state index contributed by atoms with van der Waals surface area (Å²) in [6.07, 6.45) is 1.33. The van der Waals surface area contributed by atoms with Crippen molar-refractivity contribution in [3.05, 3.63) is 74.1 Å². The molecule has 3 aromatic rings. The second-order valence-electron chi connectivity index (χ2n) is 5.40. The average molecular weight is 374 g/mol. The molecule has 1 aromatic heterocycles. The van der Waals surface area contributed by atoms with Crippen molar-refractivity contribution in [3.8, 4) is 29.1 Å². The van der Waals surface area contributed by atoms with Crippen LogP contribution in [0.2, 0.25) is 0 Å². The standard InChI is InChI=1S/C19H10N4O3S/c20-9-12-1-3-13(4-2-12)17-11-27-19(22-17)15(10-21)7-14-8-16(24)5-6-18(14)23(25)26/h1-8,11,24H/b15-7+. The van der Waals surface area contributed by atoms with Crippen molar-refractivity contribution < 1.29 is 10.0 Å². The van der Waals surface area contributed by atoms with E-state index in [0.717, 1.165) is 5.56 Å². The number of allylic oxidation sites excluding steroid dienone is 1. The molecule has 0 saturated heterocycles. The number of nitriles is 2. The number of hydrogen-bond donors (Lipinski definition) is 1. The van der Waals surface area contributed by atoms with Gasteiger partial charge in [0.15, 0.2) is 0 Å². The number of thiazole rings is 1. The van der Waals surface area contributed by atoms with E-state index < -0.39 is 4.92 Å². The van der Waals surface area contributed by atoms with E-state index in [9.17, 15) is 20.5 Å². The average Bonchev–Trinajstić information content (AvgIpc) is 3.16. The molecule has 3 rings (SSSR count). The van der Waals surface area contributed by atoms with Crippen molar-refractivity contribution in [2.45, 2.75) is 0 Å². The Morgan fingerprint density at radius 3 is 2.59 bits per heavy atom. The van der Waals surface area contributed by atoms with Crippen LogP contribution in [0.4, 0.5) is 5.69 Å². The molecule has 0 spiro atoms. The van der Waals surface area contributed by atoms with E-state index >= 15 is 0 Å². The minimum absolute atomic E-state index is 0.117. The zero-order chi connectivity index (χ0) is 19.4. The highest BCUT2D eigenvalue weighted by atomic mass is 32.1. The Balaban J connectivity index is 2.00. The SMILES string of the molecule is N#C/C(=C\c1cc(O)ccc1[N+](=O)[O-])c1nc(-c2ccc(C#N)cc2)cs1. The second-order valence-corrected chi connectivity index (χ2v) is 6.26. The lowest BCUT2D eigenvalue weighted by Crippen LogP contribution is -1.92. The van der Waals surface area contributed by atoms with E-state index in [1.54, 1.807) is 29.6 Å². The highest BCUT2D eigenvalue weighted by molar-refractivity contribution is 7.11. The summed E-state index contributed by atoms with van der Waals surface area (Å²) in [7, 11) is 0. The van der Waals surface area contributed by atoms with Gasteiger partial charge in [0.1, 0.15) is 16.8 Å². The first kappa shape index (κ1) is 17.8. The molecule has 0 bridgehead atoms. The molecule has 0 aliphatic heterocycles. The van der Waals surface area contributed by atoms with Crippen LogP contribution in [0.3, 0.4) is 0 Å². The lowest BCUT2D eigenvalue weighted by Gasteiger charge is -2.00. The van der Waals surface area contributed by atoms with Crippen LogP contribution in [0.25, 0.3) is 22.9 Å². The maximum absolute atomic E-state index is 11.2. The maximum Gasteiger partial charge on any atom is 0.276 e. The predicted octanol–water partition coefficient (Wildman–Crippen LogP) is 4.36. The van der Waals surface area contributed by atoms with Crippen molar-refractivity contribution >= 4 is 28.7 Å². The molecule has 2 aromatic carbocycles. The Hall–Kier alpha value is -4.01. The molecule has 0 saturated carbocycles. The molecule has 130 valence electrons. The minimum atomic E-state index is -0.579. The summed E-state index contributed by atoms with van der Waals surface area (Å²) in [6, 6.07) is 14.5. The Bertz CT molecular complexity index is 1130. The van der Waals surface area contributed by atoms with E-state index in [2.05, 4.69) is 4.98 Å². The molecule has 1 heterocycles. The molecule has 0 fully saturated rings. The lowest BCUT2D eigenvalue weighted by molar-refractivity contribution is -0.385. The number of nitrogens with zero attached hydrogens (tertiary/aromatic N) is 4. The second kappa shape index (κ2) is 7.48. The third kappa shape index (κ3) is 3.82. The van der Waals surface area contributed by atoms with Gasteiger partial charge in [-0.3, -0.25) is 10.1 Å². The predicted molar refractivity (Wildman–Crippen MR) is 101 cm³/mol. The van der Waals surface area contributed by atoms with Crippen LogP contribution < -0.4 is 0 Å². The Labute approximate surface area is 157 Å². The number of aromatic nitrogens is 1. The number of phenols is 1. The molecule has 27 heavy (non-hydrogen) atoms. The fraction of sp³-hybridized carbons (Fsp3) is 0.